The number of hydrogen-bond donors (Lipinski definition) is 0. The van der Waals surface area contributed by atoms with Gasteiger partial charge in [0.25, 0.3) is 0 Å². The Morgan fingerprint density at radius 3 is 1.42 bits per heavy atom. The Morgan fingerprint density at radius 1 is 0.379 bits per heavy atom. The maximum absolute atomic E-state index is 2.45. The maximum Gasteiger partial charge on any atom is 0.0540 e. The second-order valence-corrected chi connectivity index (χ2v) is 19.0. The third-order valence-electron chi connectivity index (χ3n) is 14.8. The van der Waals surface area contributed by atoms with Gasteiger partial charge in [-0.25, -0.2) is 0 Å². The molecule has 2 heteroatoms. The van der Waals surface area contributed by atoms with Crippen molar-refractivity contribution < 1.29 is 0 Å². The molecule has 2 aliphatic carbocycles. The van der Waals surface area contributed by atoms with Gasteiger partial charge in [0.05, 0.1) is 5.69 Å². The van der Waals surface area contributed by atoms with Gasteiger partial charge in [0.15, 0.2) is 0 Å². The van der Waals surface area contributed by atoms with E-state index >= 15 is 0 Å². The third-order valence-corrected chi connectivity index (χ3v) is 14.8. The topological polar surface area (TPSA) is 6.48 Å². The number of benzene rings is 9. The molecule has 11 rings (SSSR count). The molecule has 0 radical (unpaired) electrons. The van der Waals surface area contributed by atoms with Gasteiger partial charge in [-0.2, -0.15) is 0 Å². The molecule has 9 aromatic rings. The van der Waals surface area contributed by atoms with Crippen molar-refractivity contribution in [3.8, 4) is 33.4 Å². The molecule has 0 heterocycles. The standard InChI is InChI=1S/C64H56N2/c1-46-41-43-64(44-42-46,50-33-37-54(38-34-50)66(52-25-14-7-15-26-52)61-30-17-16-27-56(61)47-19-8-4-9-20-47)49-31-35-53(36-32-49)65(51-23-12-6-13-24-51)55-39-40-58-60(45-55)63(2,3)59-29-18-28-57(62(58)59)48-21-10-5-11-22-48/h4-40,45-46H,41-44H2,1-3H3. The predicted molar refractivity (Wildman–Crippen MR) is 279 cm³/mol. The first-order valence-corrected chi connectivity index (χ1v) is 23.8. The van der Waals surface area contributed by atoms with Crippen molar-refractivity contribution in [1.29, 1.82) is 0 Å². The molecule has 0 saturated heterocycles. The van der Waals surface area contributed by atoms with E-state index in [2.05, 4.69) is 261 Å². The van der Waals surface area contributed by atoms with Crippen LogP contribution in [0.5, 0.6) is 0 Å². The Balaban J connectivity index is 0.968. The van der Waals surface area contributed by atoms with Gasteiger partial charge < -0.3 is 9.80 Å². The molecule has 322 valence electrons. The summed E-state index contributed by atoms with van der Waals surface area (Å²) in [4.78, 5) is 4.85. The molecule has 1 saturated carbocycles. The van der Waals surface area contributed by atoms with E-state index in [1.807, 2.05) is 0 Å². The first-order chi connectivity index (χ1) is 32.4. The van der Waals surface area contributed by atoms with E-state index in [1.54, 1.807) is 0 Å². The van der Waals surface area contributed by atoms with Crippen molar-refractivity contribution in [2.45, 2.75) is 57.3 Å². The number of hydrogen-bond acceptors (Lipinski definition) is 2. The van der Waals surface area contributed by atoms with Crippen LogP contribution in [-0.2, 0) is 10.8 Å². The molecule has 2 nitrogen and oxygen atoms in total. The lowest BCUT2D eigenvalue weighted by Crippen LogP contribution is -2.32. The number of fused-ring (bicyclic) bond motifs is 3. The summed E-state index contributed by atoms with van der Waals surface area (Å²) < 4.78 is 0. The highest BCUT2D eigenvalue weighted by molar-refractivity contribution is 5.94. The fourth-order valence-corrected chi connectivity index (χ4v) is 11.2. The Morgan fingerprint density at radius 2 is 0.833 bits per heavy atom. The summed E-state index contributed by atoms with van der Waals surface area (Å²) in [6.45, 7) is 7.20. The average Bonchev–Trinajstić information content (AvgIpc) is 3.61. The highest BCUT2D eigenvalue weighted by Gasteiger charge is 2.39. The van der Waals surface area contributed by atoms with E-state index in [-0.39, 0.29) is 10.8 Å². The highest BCUT2D eigenvalue weighted by atomic mass is 15.1. The van der Waals surface area contributed by atoms with E-state index in [9.17, 15) is 0 Å². The normalized spacial score (nSPS) is 17.1. The van der Waals surface area contributed by atoms with Crippen molar-refractivity contribution in [2.24, 2.45) is 5.92 Å². The van der Waals surface area contributed by atoms with Gasteiger partial charge in [-0.05, 0) is 148 Å². The van der Waals surface area contributed by atoms with Gasteiger partial charge in [0, 0.05) is 44.8 Å². The second kappa shape index (κ2) is 17.2. The van der Waals surface area contributed by atoms with Crippen LogP contribution in [0.4, 0.5) is 34.1 Å². The van der Waals surface area contributed by atoms with E-state index in [4.69, 9.17) is 0 Å². The SMILES string of the molecule is CC1CCC(c2ccc(N(c3ccccc3)c3ccc4c(c3)C(C)(C)c3cccc(-c5ccccc5)c3-4)cc2)(c2ccc(N(c3ccccc3)c3ccccc3-c3ccccc3)cc2)CC1. The molecule has 0 spiro atoms. The smallest absolute Gasteiger partial charge is 0.0540 e. The molecule has 1 fully saturated rings. The Labute approximate surface area is 391 Å². The van der Waals surface area contributed by atoms with Crippen molar-refractivity contribution in [3.05, 3.63) is 253 Å². The zero-order chi connectivity index (χ0) is 44.7. The van der Waals surface area contributed by atoms with Crippen LogP contribution in [0, 0.1) is 5.92 Å². The summed E-state index contributed by atoms with van der Waals surface area (Å²) in [5.41, 5.74) is 19.9. The van der Waals surface area contributed by atoms with Crippen molar-refractivity contribution in [3.63, 3.8) is 0 Å². The summed E-state index contributed by atoms with van der Waals surface area (Å²) in [5.74, 6) is 0.715. The highest BCUT2D eigenvalue weighted by Crippen LogP contribution is 2.54. The third kappa shape index (κ3) is 7.31. The van der Waals surface area contributed by atoms with Crippen LogP contribution in [0.25, 0.3) is 33.4 Å². The van der Waals surface area contributed by atoms with Gasteiger partial charge >= 0.3 is 0 Å². The minimum absolute atomic E-state index is 0.0828. The van der Waals surface area contributed by atoms with Gasteiger partial charge in [-0.15, -0.1) is 0 Å². The minimum Gasteiger partial charge on any atom is -0.310 e. The van der Waals surface area contributed by atoms with Crippen LogP contribution in [0.2, 0.25) is 0 Å². The van der Waals surface area contributed by atoms with Crippen molar-refractivity contribution in [1.82, 2.24) is 0 Å². The van der Waals surface area contributed by atoms with E-state index in [1.165, 1.54) is 74.2 Å². The molecule has 0 unspecified atom stereocenters. The van der Waals surface area contributed by atoms with E-state index in [0.717, 1.165) is 41.3 Å². The first kappa shape index (κ1) is 41.3. The number of anilines is 6. The predicted octanol–water partition coefficient (Wildman–Crippen LogP) is 17.8. The number of para-hydroxylation sites is 3. The first-order valence-electron chi connectivity index (χ1n) is 23.8. The summed E-state index contributed by atoms with van der Waals surface area (Å²) >= 11 is 0. The van der Waals surface area contributed by atoms with Crippen LogP contribution in [0.1, 0.15) is 68.7 Å². The molecule has 0 bridgehead atoms. The summed E-state index contributed by atoms with van der Waals surface area (Å²) in [6, 6.07) is 85.2. The largest absolute Gasteiger partial charge is 0.310 e. The molecule has 2 aliphatic rings. The van der Waals surface area contributed by atoms with Crippen LogP contribution in [0.15, 0.2) is 231 Å². The summed E-state index contributed by atoms with van der Waals surface area (Å²) in [6.07, 6.45) is 4.67. The summed E-state index contributed by atoms with van der Waals surface area (Å²) in [5, 5.41) is 0. The Bertz CT molecular complexity index is 3090. The summed E-state index contributed by atoms with van der Waals surface area (Å²) in [7, 11) is 0. The molecular formula is C64H56N2. The lowest BCUT2D eigenvalue weighted by atomic mass is 9.63. The molecular weight excluding hydrogens is 797 g/mol. The van der Waals surface area contributed by atoms with Crippen LogP contribution in [0.3, 0.4) is 0 Å². The van der Waals surface area contributed by atoms with Crippen molar-refractivity contribution in [2.75, 3.05) is 9.80 Å². The second-order valence-electron chi connectivity index (χ2n) is 19.0. The molecule has 66 heavy (non-hydrogen) atoms. The molecule has 0 amide bonds. The monoisotopic (exact) mass is 852 g/mol. The molecule has 0 aromatic heterocycles. The zero-order valence-electron chi connectivity index (χ0n) is 38.2. The fourth-order valence-electron chi connectivity index (χ4n) is 11.2. The minimum atomic E-state index is -0.152. The van der Waals surface area contributed by atoms with Gasteiger partial charge in [0.2, 0.25) is 0 Å². The average molecular weight is 853 g/mol. The number of rotatable bonds is 10. The lowest BCUT2D eigenvalue weighted by molar-refractivity contribution is 0.280. The molecule has 0 aliphatic heterocycles. The van der Waals surface area contributed by atoms with Gasteiger partial charge in [-0.3, -0.25) is 0 Å². The van der Waals surface area contributed by atoms with E-state index < -0.39 is 0 Å². The van der Waals surface area contributed by atoms with Crippen LogP contribution < -0.4 is 9.80 Å². The van der Waals surface area contributed by atoms with E-state index in [0.29, 0.717) is 5.92 Å². The van der Waals surface area contributed by atoms with Gasteiger partial charge in [-0.1, -0.05) is 185 Å². The Kier molecular flexibility index (Phi) is 10.7. The maximum atomic E-state index is 2.45. The fraction of sp³-hybridized carbons (Fsp3) is 0.156. The number of nitrogens with zero attached hydrogens (tertiary/aromatic N) is 2. The van der Waals surface area contributed by atoms with Crippen LogP contribution in [-0.4, -0.2) is 0 Å². The quantitative estimate of drug-likeness (QED) is 0.135. The van der Waals surface area contributed by atoms with Gasteiger partial charge in [0.1, 0.15) is 0 Å². The van der Waals surface area contributed by atoms with Crippen LogP contribution >= 0.6 is 0 Å². The molecule has 9 aromatic carbocycles. The van der Waals surface area contributed by atoms with Crippen molar-refractivity contribution >= 4 is 34.1 Å². The zero-order valence-corrected chi connectivity index (χ0v) is 38.2. The molecule has 0 atom stereocenters. The lowest BCUT2D eigenvalue weighted by Gasteiger charge is -2.41. The molecule has 0 N–H and O–H groups in total. The Hall–Kier alpha value is -7.42.